The Morgan fingerprint density at radius 1 is 1.12 bits per heavy atom. The molecule has 0 aromatic carbocycles. The van der Waals surface area contributed by atoms with Crippen LogP contribution in [-0.2, 0) is 4.74 Å². The van der Waals surface area contributed by atoms with Crippen LogP contribution in [0.4, 0.5) is 16.2 Å². The second-order valence-corrected chi connectivity index (χ2v) is 8.25. The Labute approximate surface area is 183 Å². The molecule has 2 N–H and O–H groups in total. The minimum atomic E-state index is -0.992. The van der Waals surface area contributed by atoms with Crippen LogP contribution in [0.25, 0.3) is 22.4 Å². The van der Waals surface area contributed by atoms with E-state index in [4.69, 9.17) is 4.74 Å². The highest BCUT2D eigenvalue weighted by molar-refractivity contribution is 5.87. The SMILES string of the molecule is CNc1nc(N[C@H]2CCN(C3COC3)C[C@@H]2F)nn2ccc(-c3ccn4nccc4n3)c12. The van der Waals surface area contributed by atoms with Crippen LogP contribution in [-0.4, -0.2) is 85.7 Å². The van der Waals surface area contributed by atoms with Gasteiger partial charge >= 0.3 is 0 Å². The molecule has 0 saturated carbocycles. The van der Waals surface area contributed by atoms with Crippen molar-refractivity contribution >= 4 is 22.9 Å². The molecule has 4 aromatic heterocycles. The summed E-state index contributed by atoms with van der Waals surface area (Å²) in [5.74, 6) is 1.05. The van der Waals surface area contributed by atoms with Crippen molar-refractivity contribution in [1.29, 1.82) is 0 Å². The molecule has 6 rings (SSSR count). The molecule has 2 atom stereocenters. The molecule has 32 heavy (non-hydrogen) atoms. The minimum absolute atomic E-state index is 0.324. The zero-order valence-electron chi connectivity index (χ0n) is 17.6. The molecule has 2 aliphatic rings. The summed E-state index contributed by atoms with van der Waals surface area (Å²) in [5.41, 5.74) is 3.29. The number of hydrogen-bond donors (Lipinski definition) is 2. The standard InChI is InChI=1S/C21H24FN9O/c1-23-20-19-14(16-5-9-30-18(25-16)2-6-24-30)3-8-31(19)28-21(27-20)26-17-4-7-29(10-15(17)22)13-11-32-12-13/h2-3,5-6,8-9,13,15,17H,4,7,10-12H2,1H3,(H2,23,26,27,28)/t15-,17-/m0/s1. The van der Waals surface area contributed by atoms with Crippen LogP contribution in [0.3, 0.4) is 0 Å². The number of rotatable bonds is 5. The first kappa shape index (κ1) is 19.4. The molecule has 0 spiro atoms. The van der Waals surface area contributed by atoms with Gasteiger partial charge in [-0.2, -0.15) is 10.1 Å². The number of fused-ring (bicyclic) bond motifs is 2. The average molecular weight is 437 g/mol. The van der Waals surface area contributed by atoms with Crippen molar-refractivity contribution < 1.29 is 9.13 Å². The number of hydrogen-bond acceptors (Lipinski definition) is 8. The smallest absolute Gasteiger partial charge is 0.243 e. The van der Waals surface area contributed by atoms with E-state index in [0.29, 0.717) is 44.0 Å². The van der Waals surface area contributed by atoms with Gasteiger partial charge in [0, 0.05) is 44.2 Å². The summed E-state index contributed by atoms with van der Waals surface area (Å²) in [5, 5.41) is 15.2. The first-order valence-corrected chi connectivity index (χ1v) is 10.8. The molecule has 11 heteroatoms. The topological polar surface area (TPSA) is 96.9 Å². The molecule has 10 nitrogen and oxygen atoms in total. The van der Waals surface area contributed by atoms with E-state index in [1.54, 1.807) is 15.2 Å². The molecule has 0 unspecified atom stereocenters. The number of likely N-dealkylation sites (tertiary alicyclic amines) is 1. The van der Waals surface area contributed by atoms with Gasteiger partial charge in [-0.25, -0.2) is 18.4 Å². The van der Waals surface area contributed by atoms with Crippen molar-refractivity contribution in [2.24, 2.45) is 0 Å². The number of nitrogens with zero attached hydrogens (tertiary/aromatic N) is 7. The third-order valence-corrected chi connectivity index (χ3v) is 6.31. The van der Waals surface area contributed by atoms with Gasteiger partial charge in [-0.1, -0.05) is 0 Å². The van der Waals surface area contributed by atoms with E-state index in [0.717, 1.165) is 29.0 Å². The zero-order chi connectivity index (χ0) is 21.7. The van der Waals surface area contributed by atoms with Crippen LogP contribution in [0.1, 0.15) is 6.42 Å². The summed E-state index contributed by atoms with van der Waals surface area (Å²) in [7, 11) is 1.81. The van der Waals surface area contributed by atoms with Crippen LogP contribution in [0.5, 0.6) is 0 Å². The Morgan fingerprint density at radius 3 is 2.78 bits per heavy atom. The van der Waals surface area contributed by atoms with Crippen LogP contribution >= 0.6 is 0 Å². The molecule has 0 amide bonds. The Bertz CT molecular complexity index is 1270. The second kappa shape index (κ2) is 7.68. The summed E-state index contributed by atoms with van der Waals surface area (Å²) in [6, 6.07) is 5.76. The van der Waals surface area contributed by atoms with Gasteiger partial charge in [0.15, 0.2) is 11.5 Å². The molecular weight excluding hydrogens is 413 g/mol. The maximum Gasteiger partial charge on any atom is 0.243 e. The van der Waals surface area contributed by atoms with Crippen LogP contribution in [0.15, 0.2) is 36.8 Å². The second-order valence-electron chi connectivity index (χ2n) is 8.25. The minimum Gasteiger partial charge on any atom is -0.378 e. The van der Waals surface area contributed by atoms with Gasteiger partial charge in [0.05, 0.1) is 37.2 Å². The average Bonchev–Trinajstić information content (AvgIpc) is 3.40. The van der Waals surface area contributed by atoms with Crippen LogP contribution in [0, 0.1) is 0 Å². The number of ether oxygens (including phenoxy) is 1. The van der Waals surface area contributed by atoms with E-state index in [1.165, 1.54) is 0 Å². The lowest BCUT2D eigenvalue weighted by Crippen LogP contribution is -2.57. The highest BCUT2D eigenvalue weighted by Gasteiger charge is 2.35. The van der Waals surface area contributed by atoms with E-state index in [-0.39, 0.29) is 6.04 Å². The summed E-state index contributed by atoms with van der Waals surface area (Å²) < 4.78 is 23.6. The highest BCUT2D eigenvalue weighted by Crippen LogP contribution is 2.30. The van der Waals surface area contributed by atoms with Crippen molar-refractivity contribution in [1.82, 2.24) is 34.1 Å². The highest BCUT2D eigenvalue weighted by atomic mass is 19.1. The van der Waals surface area contributed by atoms with Crippen molar-refractivity contribution in [3.63, 3.8) is 0 Å². The fourth-order valence-electron chi connectivity index (χ4n) is 4.45. The Kier molecular flexibility index (Phi) is 4.65. The zero-order valence-corrected chi connectivity index (χ0v) is 17.6. The molecule has 0 aliphatic carbocycles. The van der Waals surface area contributed by atoms with Crippen molar-refractivity contribution in [3.8, 4) is 11.3 Å². The number of halogens is 1. The molecule has 166 valence electrons. The van der Waals surface area contributed by atoms with Gasteiger partial charge in [0.1, 0.15) is 11.7 Å². The first-order valence-electron chi connectivity index (χ1n) is 10.8. The van der Waals surface area contributed by atoms with E-state index >= 15 is 0 Å². The molecule has 4 aromatic rings. The van der Waals surface area contributed by atoms with Gasteiger partial charge in [0.2, 0.25) is 5.95 Å². The summed E-state index contributed by atoms with van der Waals surface area (Å²) in [6.45, 7) is 2.65. The Morgan fingerprint density at radius 2 is 2.00 bits per heavy atom. The number of aromatic nitrogens is 6. The van der Waals surface area contributed by atoms with Crippen molar-refractivity contribution in [2.45, 2.75) is 24.7 Å². The van der Waals surface area contributed by atoms with Crippen molar-refractivity contribution in [3.05, 3.63) is 36.8 Å². The van der Waals surface area contributed by atoms with Gasteiger partial charge in [0.25, 0.3) is 0 Å². The molecule has 2 saturated heterocycles. The molecule has 0 radical (unpaired) electrons. The van der Waals surface area contributed by atoms with E-state index < -0.39 is 6.17 Å². The normalized spacial score (nSPS) is 22.3. The first-order chi connectivity index (χ1) is 15.7. The fraction of sp³-hybridized carbons (Fsp3) is 0.429. The molecule has 2 aliphatic heterocycles. The number of anilines is 2. The summed E-state index contributed by atoms with van der Waals surface area (Å²) >= 11 is 0. The van der Waals surface area contributed by atoms with Gasteiger partial charge in [-0.3, -0.25) is 4.90 Å². The third kappa shape index (κ3) is 3.24. The van der Waals surface area contributed by atoms with Gasteiger partial charge in [-0.05, 0) is 18.6 Å². The number of nitrogens with one attached hydrogen (secondary N) is 2. The fourth-order valence-corrected chi connectivity index (χ4v) is 4.45. The largest absolute Gasteiger partial charge is 0.378 e. The maximum absolute atomic E-state index is 14.9. The quantitative estimate of drug-likeness (QED) is 0.487. The predicted molar refractivity (Wildman–Crippen MR) is 118 cm³/mol. The summed E-state index contributed by atoms with van der Waals surface area (Å²) in [6.07, 6.45) is 5.16. The van der Waals surface area contributed by atoms with Gasteiger partial charge < -0.3 is 15.4 Å². The van der Waals surface area contributed by atoms with E-state index in [2.05, 4.69) is 35.7 Å². The van der Waals surface area contributed by atoms with E-state index in [9.17, 15) is 4.39 Å². The lowest BCUT2D eigenvalue weighted by atomic mass is 10.0. The van der Waals surface area contributed by atoms with Crippen LogP contribution < -0.4 is 10.6 Å². The third-order valence-electron chi connectivity index (χ3n) is 6.31. The van der Waals surface area contributed by atoms with E-state index in [1.807, 2.05) is 37.6 Å². The maximum atomic E-state index is 14.9. The number of alkyl halides is 1. The Balaban J connectivity index is 1.28. The predicted octanol–water partition coefficient (Wildman–Crippen LogP) is 1.70. The van der Waals surface area contributed by atoms with Crippen LogP contribution in [0.2, 0.25) is 0 Å². The lowest BCUT2D eigenvalue weighted by molar-refractivity contribution is -0.0794. The van der Waals surface area contributed by atoms with Crippen molar-refractivity contribution in [2.75, 3.05) is 44.0 Å². The molecule has 6 heterocycles. The summed E-state index contributed by atoms with van der Waals surface area (Å²) in [4.78, 5) is 11.5. The Hall–Kier alpha value is -3.31. The lowest BCUT2D eigenvalue weighted by Gasteiger charge is -2.42. The van der Waals surface area contributed by atoms with Gasteiger partial charge in [-0.15, -0.1) is 5.10 Å². The molecule has 0 bridgehead atoms. The molecular formula is C21H24FN9O. The molecule has 2 fully saturated rings. The number of piperidine rings is 1. The monoisotopic (exact) mass is 437 g/mol.